The van der Waals surface area contributed by atoms with E-state index < -0.39 is 49.8 Å². The van der Waals surface area contributed by atoms with Gasteiger partial charge in [-0.2, -0.15) is 8.70 Å². The molecule has 0 saturated carbocycles. The third-order valence-electron chi connectivity index (χ3n) is 3.32. The third-order valence-corrected chi connectivity index (χ3v) is 5.29. The molecule has 1 aromatic rings. The molecule has 21 heavy (non-hydrogen) atoms. The lowest BCUT2D eigenvalue weighted by molar-refractivity contribution is -0.387. The lowest BCUT2D eigenvalue weighted by Crippen LogP contribution is -2.38. The Balaban J connectivity index is 2.54. The van der Waals surface area contributed by atoms with Crippen LogP contribution in [0.3, 0.4) is 0 Å². The average molecular weight is 322 g/mol. The van der Waals surface area contributed by atoms with Crippen molar-refractivity contribution in [2.45, 2.75) is 23.8 Å². The summed E-state index contributed by atoms with van der Waals surface area (Å²) in [6.45, 7) is -0.373. The van der Waals surface area contributed by atoms with Crippen molar-refractivity contribution in [1.29, 1.82) is 0 Å². The van der Waals surface area contributed by atoms with Gasteiger partial charge in [0.1, 0.15) is 10.7 Å². The topological polar surface area (TPSA) is 101 Å². The first kappa shape index (κ1) is 15.7. The van der Waals surface area contributed by atoms with Crippen LogP contribution in [0.15, 0.2) is 17.0 Å². The van der Waals surface area contributed by atoms with Gasteiger partial charge < -0.3 is 5.11 Å². The fraction of sp³-hybridized carbons (Fsp3) is 0.455. The van der Waals surface area contributed by atoms with Crippen molar-refractivity contribution in [3.8, 4) is 0 Å². The Morgan fingerprint density at radius 1 is 1.38 bits per heavy atom. The van der Waals surface area contributed by atoms with Crippen molar-refractivity contribution in [3.05, 3.63) is 33.9 Å². The first-order valence-corrected chi connectivity index (χ1v) is 7.49. The summed E-state index contributed by atoms with van der Waals surface area (Å²) in [4.78, 5) is 8.56. The fourth-order valence-electron chi connectivity index (χ4n) is 2.29. The van der Waals surface area contributed by atoms with E-state index in [1.54, 1.807) is 0 Å². The second-order valence-electron chi connectivity index (χ2n) is 4.59. The zero-order valence-electron chi connectivity index (χ0n) is 10.7. The molecule has 1 N–H and O–H groups in total. The van der Waals surface area contributed by atoms with Gasteiger partial charge in [-0.15, -0.1) is 0 Å². The monoisotopic (exact) mass is 322 g/mol. The van der Waals surface area contributed by atoms with E-state index in [-0.39, 0.29) is 12.6 Å². The van der Waals surface area contributed by atoms with Gasteiger partial charge in [-0.3, -0.25) is 10.1 Å². The second kappa shape index (κ2) is 5.62. The minimum atomic E-state index is -4.38. The van der Waals surface area contributed by atoms with Crippen LogP contribution >= 0.6 is 0 Å². The molecular formula is C11H12F2N2O5S. The quantitative estimate of drug-likeness (QED) is 0.659. The maximum atomic E-state index is 13.7. The summed E-state index contributed by atoms with van der Waals surface area (Å²) in [6.07, 6.45) is 0.885. The number of nitro benzene ring substituents is 1. The van der Waals surface area contributed by atoms with Crippen LogP contribution in [0.4, 0.5) is 14.5 Å². The van der Waals surface area contributed by atoms with Gasteiger partial charge in [0, 0.05) is 24.7 Å². The first-order chi connectivity index (χ1) is 9.78. The summed E-state index contributed by atoms with van der Waals surface area (Å²) in [5, 5.41) is 19.8. The van der Waals surface area contributed by atoms with E-state index in [4.69, 9.17) is 5.11 Å². The Bertz CT molecular complexity index is 679. The maximum absolute atomic E-state index is 13.7. The lowest BCUT2D eigenvalue weighted by atomic mass is 10.2. The van der Waals surface area contributed by atoms with Gasteiger partial charge in [-0.05, 0) is 12.8 Å². The molecule has 0 amide bonds. The highest BCUT2D eigenvalue weighted by atomic mass is 32.2. The highest BCUT2D eigenvalue weighted by Gasteiger charge is 2.37. The van der Waals surface area contributed by atoms with Crippen LogP contribution in [-0.2, 0) is 10.0 Å². The molecule has 1 heterocycles. The summed E-state index contributed by atoms with van der Waals surface area (Å²) in [5.74, 6) is -2.85. The minimum absolute atomic E-state index is 0.0676. The molecule has 116 valence electrons. The number of rotatable bonds is 4. The van der Waals surface area contributed by atoms with E-state index in [1.807, 2.05) is 0 Å². The largest absolute Gasteiger partial charge is 0.395 e. The summed E-state index contributed by atoms with van der Waals surface area (Å²) in [5.41, 5.74) is -1.12. The van der Waals surface area contributed by atoms with E-state index in [2.05, 4.69) is 0 Å². The molecule has 1 atom stereocenters. The summed E-state index contributed by atoms with van der Waals surface area (Å²) < 4.78 is 52.6. The van der Waals surface area contributed by atoms with Crippen molar-refractivity contribution in [1.82, 2.24) is 4.31 Å². The summed E-state index contributed by atoms with van der Waals surface area (Å²) >= 11 is 0. The molecule has 0 aliphatic carbocycles. The second-order valence-corrected chi connectivity index (χ2v) is 6.44. The van der Waals surface area contributed by atoms with Crippen molar-refractivity contribution in [2.75, 3.05) is 13.2 Å². The van der Waals surface area contributed by atoms with Gasteiger partial charge in [0.2, 0.25) is 15.8 Å². The van der Waals surface area contributed by atoms with Crippen LogP contribution in [0.25, 0.3) is 0 Å². The Hall–Kier alpha value is -1.65. The first-order valence-electron chi connectivity index (χ1n) is 6.05. The average Bonchev–Trinajstić information content (AvgIpc) is 2.86. The van der Waals surface area contributed by atoms with E-state index in [1.165, 1.54) is 0 Å². The normalized spacial score (nSPS) is 19.9. The van der Waals surface area contributed by atoms with Crippen LogP contribution in [0.2, 0.25) is 0 Å². The molecule has 0 spiro atoms. The molecule has 1 aromatic carbocycles. The lowest BCUT2D eigenvalue weighted by Gasteiger charge is -2.22. The third kappa shape index (κ3) is 2.74. The van der Waals surface area contributed by atoms with Gasteiger partial charge in [0.15, 0.2) is 0 Å². The zero-order chi connectivity index (χ0) is 15.8. The van der Waals surface area contributed by atoms with Crippen LogP contribution in [0.5, 0.6) is 0 Å². The molecule has 1 aliphatic heterocycles. The SMILES string of the molecule is O=[N+]([O-])c1cc(S(=O)(=O)N2CCCC2CO)c(F)cc1F. The number of halogens is 2. The molecule has 7 nitrogen and oxygen atoms in total. The van der Waals surface area contributed by atoms with E-state index in [0.717, 1.165) is 4.31 Å². The molecule has 0 bridgehead atoms. The Morgan fingerprint density at radius 3 is 2.62 bits per heavy atom. The van der Waals surface area contributed by atoms with Gasteiger partial charge in [-0.25, -0.2) is 12.8 Å². The number of hydrogen-bond donors (Lipinski definition) is 1. The maximum Gasteiger partial charge on any atom is 0.306 e. The minimum Gasteiger partial charge on any atom is -0.395 e. The Labute approximate surface area is 119 Å². The Morgan fingerprint density at radius 2 is 2.05 bits per heavy atom. The van der Waals surface area contributed by atoms with Gasteiger partial charge >= 0.3 is 5.69 Å². The number of nitrogens with zero attached hydrogens (tertiary/aromatic N) is 2. The number of aliphatic hydroxyl groups is 1. The molecule has 0 aromatic heterocycles. The molecule has 1 unspecified atom stereocenters. The number of benzene rings is 1. The predicted molar refractivity (Wildman–Crippen MR) is 67.0 cm³/mol. The predicted octanol–water partition coefficient (Wildman–Crippen LogP) is 1.02. The van der Waals surface area contributed by atoms with Gasteiger partial charge in [0.05, 0.1) is 11.5 Å². The van der Waals surface area contributed by atoms with Gasteiger partial charge in [-0.1, -0.05) is 0 Å². The van der Waals surface area contributed by atoms with Crippen LogP contribution in [0, 0.1) is 21.7 Å². The molecule has 1 saturated heterocycles. The van der Waals surface area contributed by atoms with Crippen LogP contribution < -0.4 is 0 Å². The van der Waals surface area contributed by atoms with Crippen molar-refractivity contribution >= 4 is 15.7 Å². The highest BCUT2D eigenvalue weighted by Crippen LogP contribution is 2.30. The van der Waals surface area contributed by atoms with Gasteiger partial charge in [0.25, 0.3) is 0 Å². The molecule has 1 aliphatic rings. The summed E-state index contributed by atoms with van der Waals surface area (Å²) in [7, 11) is -4.38. The Kier molecular flexibility index (Phi) is 4.21. The molecule has 0 radical (unpaired) electrons. The summed E-state index contributed by atoms with van der Waals surface area (Å²) in [6, 6.07) is -0.166. The van der Waals surface area contributed by atoms with Crippen LogP contribution in [-0.4, -0.2) is 41.9 Å². The van der Waals surface area contributed by atoms with E-state index in [9.17, 15) is 27.3 Å². The van der Waals surface area contributed by atoms with Crippen molar-refractivity contribution < 1.29 is 27.2 Å². The van der Waals surface area contributed by atoms with Crippen molar-refractivity contribution in [3.63, 3.8) is 0 Å². The van der Waals surface area contributed by atoms with E-state index >= 15 is 0 Å². The van der Waals surface area contributed by atoms with Crippen LogP contribution in [0.1, 0.15) is 12.8 Å². The van der Waals surface area contributed by atoms with E-state index in [0.29, 0.717) is 18.9 Å². The molecule has 1 fully saturated rings. The number of hydrogen-bond acceptors (Lipinski definition) is 5. The molecule has 10 heteroatoms. The smallest absolute Gasteiger partial charge is 0.306 e. The number of nitro groups is 1. The number of sulfonamides is 1. The number of aliphatic hydroxyl groups excluding tert-OH is 1. The fourth-order valence-corrected chi connectivity index (χ4v) is 4.04. The van der Waals surface area contributed by atoms with Crippen molar-refractivity contribution in [2.24, 2.45) is 0 Å². The standard InChI is InChI=1S/C11H12F2N2O5S/c12-8-4-9(13)11(5-10(8)15(17)18)21(19,20)14-3-1-2-7(14)6-16/h4-5,7,16H,1-3,6H2. The molecular weight excluding hydrogens is 310 g/mol. The highest BCUT2D eigenvalue weighted by molar-refractivity contribution is 7.89. The zero-order valence-corrected chi connectivity index (χ0v) is 11.5. The molecule has 2 rings (SSSR count).